The van der Waals surface area contributed by atoms with E-state index in [-0.39, 0.29) is 24.0 Å². The fourth-order valence-electron chi connectivity index (χ4n) is 4.61. The summed E-state index contributed by atoms with van der Waals surface area (Å²) >= 11 is 0. The van der Waals surface area contributed by atoms with Crippen LogP contribution in [0.3, 0.4) is 0 Å². The van der Waals surface area contributed by atoms with Gasteiger partial charge in [0.05, 0.1) is 13.2 Å². The maximum Gasteiger partial charge on any atom is 0.409 e. The molecule has 8 heteroatoms. The Labute approximate surface area is 202 Å². The van der Waals surface area contributed by atoms with E-state index in [0.29, 0.717) is 57.4 Å². The number of urea groups is 1. The number of amides is 3. The van der Waals surface area contributed by atoms with Crippen molar-refractivity contribution in [2.75, 3.05) is 45.9 Å². The van der Waals surface area contributed by atoms with Crippen molar-refractivity contribution < 1.29 is 18.7 Å². The smallest absolute Gasteiger partial charge is 0.409 e. The Morgan fingerprint density at radius 2 is 1.79 bits per heavy atom. The fraction of sp³-hybridized carbons (Fsp3) is 0.615. The van der Waals surface area contributed by atoms with E-state index in [9.17, 15) is 14.0 Å². The second-order valence-electron chi connectivity index (χ2n) is 9.03. The molecule has 0 aliphatic carbocycles. The van der Waals surface area contributed by atoms with Crippen LogP contribution in [0.25, 0.3) is 0 Å². The van der Waals surface area contributed by atoms with E-state index in [2.05, 4.69) is 22.1 Å². The number of ether oxygens (including phenoxy) is 1. The summed E-state index contributed by atoms with van der Waals surface area (Å²) in [4.78, 5) is 30.4. The average Bonchev–Trinajstić information content (AvgIpc) is 2.85. The summed E-state index contributed by atoms with van der Waals surface area (Å²) in [6.45, 7) is 8.60. The zero-order valence-electron chi connectivity index (χ0n) is 20.4. The van der Waals surface area contributed by atoms with Crippen LogP contribution in [0.1, 0.15) is 45.1 Å². The van der Waals surface area contributed by atoms with Gasteiger partial charge >= 0.3 is 12.1 Å². The van der Waals surface area contributed by atoms with Crippen LogP contribution in [0.2, 0.25) is 0 Å². The van der Waals surface area contributed by atoms with Gasteiger partial charge in [-0.05, 0) is 51.5 Å². The number of nitrogens with one attached hydrogen (secondary N) is 1. The Morgan fingerprint density at radius 3 is 2.44 bits per heavy atom. The lowest BCUT2D eigenvalue weighted by molar-refractivity contribution is 0.0945. The highest BCUT2D eigenvalue weighted by atomic mass is 19.1. The van der Waals surface area contributed by atoms with Crippen molar-refractivity contribution in [1.82, 2.24) is 20.0 Å². The Kier molecular flexibility index (Phi) is 10.0. The molecular formula is C26H37FN4O3. The normalized spacial score (nSPS) is 17.3. The lowest BCUT2D eigenvalue weighted by Gasteiger charge is -2.36. The molecule has 0 unspecified atom stereocenters. The van der Waals surface area contributed by atoms with Gasteiger partial charge in [0.2, 0.25) is 0 Å². The molecule has 2 saturated heterocycles. The van der Waals surface area contributed by atoms with Gasteiger partial charge in [-0.3, -0.25) is 4.90 Å². The van der Waals surface area contributed by atoms with Gasteiger partial charge in [0.15, 0.2) is 0 Å². The lowest BCUT2D eigenvalue weighted by atomic mass is 9.96. The van der Waals surface area contributed by atoms with Gasteiger partial charge in [0.1, 0.15) is 5.82 Å². The largest absolute Gasteiger partial charge is 0.450 e. The number of nitrogens with zero attached hydrogens (tertiary/aromatic N) is 3. The van der Waals surface area contributed by atoms with Crippen LogP contribution in [0.5, 0.6) is 0 Å². The van der Waals surface area contributed by atoms with Gasteiger partial charge in [0, 0.05) is 50.9 Å². The van der Waals surface area contributed by atoms with Crippen LogP contribution in [0, 0.1) is 23.6 Å². The summed E-state index contributed by atoms with van der Waals surface area (Å²) in [5, 5.41) is 3.14. The van der Waals surface area contributed by atoms with E-state index in [0.717, 1.165) is 32.2 Å². The van der Waals surface area contributed by atoms with E-state index >= 15 is 0 Å². The summed E-state index contributed by atoms with van der Waals surface area (Å²) < 4.78 is 19.2. The minimum atomic E-state index is -0.275. The molecule has 0 aromatic heterocycles. The van der Waals surface area contributed by atoms with Gasteiger partial charge in [0.25, 0.3) is 0 Å². The maximum atomic E-state index is 14.1. The van der Waals surface area contributed by atoms with Crippen molar-refractivity contribution in [2.45, 2.75) is 52.1 Å². The molecule has 1 aromatic carbocycles. The zero-order valence-corrected chi connectivity index (χ0v) is 20.4. The predicted octanol–water partition coefficient (Wildman–Crippen LogP) is 3.69. The number of carbonyl (C=O) groups is 2. The summed E-state index contributed by atoms with van der Waals surface area (Å²) in [6.07, 6.45) is 3.04. The van der Waals surface area contributed by atoms with Gasteiger partial charge in [-0.1, -0.05) is 24.1 Å². The van der Waals surface area contributed by atoms with Crippen molar-refractivity contribution in [3.05, 3.63) is 35.6 Å². The third-order valence-electron chi connectivity index (χ3n) is 6.60. The number of rotatable bonds is 7. The average molecular weight is 473 g/mol. The highest BCUT2D eigenvalue weighted by Crippen LogP contribution is 2.21. The van der Waals surface area contributed by atoms with E-state index < -0.39 is 0 Å². The lowest BCUT2D eigenvalue weighted by Crippen LogP contribution is -2.52. The zero-order chi connectivity index (χ0) is 24.3. The molecule has 2 aliphatic rings. The molecule has 2 fully saturated rings. The Hall–Kier alpha value is -2.79. The first-order chi connectivity index (χ1) is 16.5. The molecular weight excluding hydrogens is 435 g/mol. The van der Waals surface area contributed by atoms with Crippen LogP contribution in [-0.2, 0) is 11.3 Å². The van der Waals surface area contributed by atoms with Crippen LogP contribution < -0.4 is 5.32 Å². The molecule has 1 N–H and O–H groups in total. The molecule has 0 bridgehead atoms. The van der Waals surface area contributed by atoms with Crippen molar-refractivity contribution in [2.24, 2.45) is 5.92 Å². The van der Waals surface area contributed by atoms with Crippen LogP contribution in [0.4, 0.5) is 14.0 Å². The SMILES string of the molecule is CC#CCN(Cc1ccccc1F)CC1CCN(C(=O)NC2CCN(C(=O)OCC)CC2)CC1. The quantitative estimate of drug-likeness (QED) is 0.615. The Bertz CT molecular complexity index is 868. The van der Waals surface area contributed by atoms with Crippen LogP contribution in [-0.4, -0.2) is 78.7 Å². The summed E-state index contributed by atoms with van der Waals surface area (Å²) in [7, 11) is 0. The highest BCUT2D eigenvalue weighted by molar-refractivity contribution is 5.74. The molecule has 0 radical (unpaired) electrons. The molecule has 2 heterocycles. The van der Waals surface area contributed by atoms with E-state index in [4.69, 9.17) is 4.74 Å². The highest BCUT2D eigenvalue weighted by Gasteiger charge is 2.28. The number of likely N-dealkylation sites (tertiary alicyclic amines) is 2. The van der Waals surface area contributed by atoms with Crippen molar-refractivity contribution in [3.63, 3.8) is 0 Å². The van der Waals surface area contributed by atoms with Gasteiger partial charge in [-0.2, -0.15) is 0 Å². The molecule has 34 heavy (non-hydrogen) atoms. The fourth-order valence-corrected chi connectivity index (χ4v) is 4.61. The van der Waals surface area contributed by atoms with Crippen molar-refractivity contribution in [3.8, 4) is 11.8 Å². The molecule has 3 amide bonds. The minimum Gasteiger partial charge on any atom is -0.450 e. The molecule has 2 aliphatic heterocycles. The van der Waals surface area contributed by atoms with Crippen molar-refractivity contribution in [1.29, 1.82) is 0 Å². The molecule has 0 saturated carbocycles. The third-order valence-corrected chi connectivity index (χ3v) is 6.60. The second kappa shape index (κ2) is 13.2. The van der Waals surface area contributed by atoms with Gasteiger partial charge in [-0.15, -0.1) is 5.92 Å². The molecule has 1 aromatic rings. The van der Waals surface area contributed by atoms with Crippen molar-refractivity contribution >= 4 is 12.1 Å². The van der Waals surface area contributed by atoms with Crippen LogP contribution >= 0.6 is 0 Å². The number of hydrogen-bond donors (Lipinski definition) is 1. The maximum absolute atomic E-state index is 14.1. The minimum absolute atomic E-state index is 0.0203. The first-order valence-corrected chi connectivity index (χ1v) is 12.3. The third kappa shape index (κ3) is 7.63. The number of hydrogen-bond acceptors (Lipinski definition) is 4. The topological polar surface area (TPSA) is 65.1 Å². The predicted molar refractivity (Wildman–Crippen MR) is 130 cm³/mol. The molecule has 0 atom stereocenters. The van der Waals surface area contributed by atoms with E-state index in [1.54, 1.807) is 17.9 Å². The number of benzene rings is 1. The van der Waals surface area contributed by atoms with Gasteiger partial charge in [-0.25, -0.2) is 14.0 Å². The second-order valence-corrected chi connectivity index (χ2v) is 9.03. The van der Waals surface area contributed by atoms with E-state index in [1.807, 2.05) is 24.0 Å². The Morgan fingerprint density at radius 1 is 1.12 bits per heavy atom. The van der Waals surface area contributed by atoms with Gasteiger partial charge < -0.3 is 19.9 Å². The molecule has 186 valence electrons. The van der Waals surface area contributed by atoms with E-state index in [1.165, 1.54) is 6.07 Å². The molecule has 7 nitrogen and oxygen atoms in total. The number of carbonyl (C=O) groups excluding carboxylic acids is 2. The van der Waals surface area contributed by atoms with Crippen LogP contribution in [0.15, 0.2) is 24.3 Å². The Balaban J connectivity index is 1.42. The standard InChI is InChI=1S/C26H37FN4O3/c1-3-5-14-29(20-22-8-6-7-9-24(22)27)19-21-10-15-30(16-11-21)25(32)28-23-12-17-31(18-13-23)26(33)34-4-2/h6-9,21,23H,4,10-20H2,1-2H3,(H,28,32). The first-order valence-electron chi connectivity index (χ1n) is 12.3. The molecule has 3 rings (SSSR count). The monoisotopic (exact) mass is 472 g/mol. The molecule has 0 spiro atoms. The summed E-state index contributed by atoms with van der Waals surface area (Å²) in [6, 6.07) is 6.95. The first kappa shape index (κ1) is 25.8. The number of halogens is 1. The number of piperidine rings is 2. The summed E-state index contributed by atoms with van der Waals surface area (Å²) in [5.41, 5.74) is 0.686. The summed E-state index contributed by atoms with van der Waals surface area (Å²) in [5.74, 6) is 6.31.